The van der Waals surface area contributed by atoms with Gasteiger partial charge in [-0.2, -0.15) is 13.2 Å². The maximum Gasteiger partial charge on any atom is 0.490 e. The second-order valence-corrected chi connectivity index (χ2v) is 9.19. The molecule has 2 aromatic rings. The summed E-state index contributed by atoms with van der Waals surface area (Å²) >= 11 is 0. The van der Waals surface area contributed by atoms with Gasteiger partial charge in [0, 0.05) is 38.3 Å². The Kier molecular flexibility index (Phi) is 10.9. The number of benzene rings is 2. The van der Waals surface area contributed by atoms with Crippen LogP contribution < -0.4 is 5.32 Å². The highest BCUT2D eigenvalue weighted by Gasteiger charge is 2.38. The standard InChI is InChI=1S/C24H33N3O2.C2HF3O2/c1-18-14-27(15-19(2)29-18)17-22-9-11-23(12-10-22)24(28)25-13-20-5-7-21(8-6-20)16-26(3)4;3-2(4,5)1(6)7/h5-12,18-19H,13-17H2,1-4H3,(H,25,28);(H,6,7). The predicted molar refractivity (Wildman–Crippen MR) is 130 cm³/mol. The van der Waals surface area contributed by atoms with E-state index in [0.29, 0.717) is 12.1 Å². The molecule has 2 N–H and O–H groups in total. The molecule has 1 amide bonds. The Hall–Kier alpha value is -2.95. The number of halogens is 3. The first-order valence-electron chi connectivity index (χ1n) is 11.6. The minimum Gasteiger partial charge on any atom is -0.475 e. The number of rotatable bonds is 7. The van der Waals surface area contributed by atoms with Crippen LogP contribution in [0.15, 0.2) is 48.5 Å². The lowest BCUT2D eigenvalue weighted by Gasteiger charge is -2.35. The molecule has 1 saturated heterocycles. The summed E-state index contributed by atoms with van der Waals surface area (Å²) in [5, 5.41) is 10.1. The van der Waals surface area contributed by atoms with E-state index in [1.54, 1.807) is 0 Å². The number of aliphatic carboxylic acids is 1. The number of carboxylic acid groups (broad SMARTS) is 1. The molecule has 0 radical (unpaired) electrons. The first kappa shape index (κ1) is 29.3. The van der Waals surface area contributed by atoms with Crippen LogP contribution in [0.5, 0.6) is 0 Å². The fraction of sp³-hybridized carbons (Fsp3) is 0.462. The molecule has 1 aliphatic heterocycles. The van der Waals surface area contributed by atoms with Crippen LogP contribution in [0.4, 0.5) is 13.2 Å². The van der Waals surface area contributed by atoms with E-state index < -0.39 is 12.1 Å². The molecule has 0 aromatic heterocycles. The number of hydrogen-bond donors (Lipinski definition) is 2. The first-order chi connectivity index (χ1) is 16.8. The van der Waals surface area contributed by atoms with Gasteiger partial charge in [0.2, 0.25) is 0 Å². The van der Waals surface area contributed by atoms with E-state index in [9.17, 15) is 18.0 Å². The molecule has 36 heavy (non-hydrogen) atoms. The number of ether oxygens (including phenoxy) is 1. The largest absolute Gasteiger partial charge is 0.490 e. The van der Waals surface area contributed by atoms with E-state index in [4.69, 9.17) is 14.6 Å². The molecule has 3 rings (SSSR count). The molecule has 7 nitrogen and oxygen atoms in total. The third kappa shape index (κ3) is 10.3. The second kappa shape index (κ2) is 13.4. The van der Waals surface area contributed by atoms with Crippen molar-refractivity contribution in [1.29, 1.82) is 0 Å². The van der Waals surface area contributed by atoms with Crippen LogP contribution in [-0.4, -0.2) is 72.4 Å². The monoisotopic (exact) mass is 509 g/mol. The van der Waals surface area contributed by atoms with Gasteiger partial charge >= 0.3 is 12.1 Å². The molecule has 198 valence electrons. The molecular weight excluding hydrogens is 475 g/mol. The Bertz CT molecular complexity index is 969. The zero-order valence-electron chi connectivity index (χ0n) is 21.0. The minimum absolute atomic E-state index is 0.0393. The summed E-state index contributed by atoms with van der Waals surface area (Å²) in [6.45, 7) is 8.46. The molecule has 1 heterocycles. The summed E-state index contributed by atoms with van der Waals surface area (Å²) in [5.74, 6) is -2.80. The third-order valence-corrected chi connectivity index (χ3v) is 5.33. The van der Waals surface area contributed by atoms with Gasteiger partial charge in [0.25, 0.3) is 5.91 Å². The van der Waals surface area contributed by atoms with Crippen molar-refractivity contribution in [3.05, 3.63) is 70.8 Å². The molecule has 0 saturated carbocycles. The van der Waals surface area contributed by atoms with Crippen molar-refractivity contribution in [3.8, 4) is 0 Å². The van der Waals surface area contributed by atoms with Crippen molar-refractivity contribution in [3.63, 3.8) is 0 Å². The van der Waals surface area contributed by atoms with Crippen molar-refractivity contribution >= 4 is 11.9 Å². The van der Waals surface area contributed by atoms with E-state index in [2.05, 4.69) is 79.5 Å². The number of carbonyl (C=O) groups excluding carboxylic acids is 1. The van der Waals surface area contributed by atoms with Crippen LogP contribution >= 0.6 is 0 Å². The summed E-state index contributed by atoms with van der Waals surface area (Å²) in [6.07, 6.45) is -4.55. The first-order valence-corrected chi connectivity index (χ1v) is 11.6. The molecule has 2 atom stereocenters. The molecule has 2 unspecified atom stereocenters. The number of hydrogen-bond acceptors (Lipinski definition) is 5. The van der Waals surface area contributed by atoms with Gasteiger partial charge in [-0.05, 0) is 56.8 Å². The SMILES string of the molecule is CC1CN(Cc2ccc(C(=O)NCc3ccc(CN(C)C)cc3)cc2)CC(C)O1.O=C(O)C(F)(F)F. The molecule has 1 aliphatic rings. The van der Waals surface area contributed by atoms with Crippen molar-refractivity contribution < 1.29 is 32.6 Å². The van der Waals surface area contributed by atoms with Gasteiger partial charge in [0.1, 0.15) is 0 Å². The van der Waals surface area contributed by atoms with Gasteiger partial charge in [0.15, 0.2) is 0 Å². The quantitative estimate of drug-likeness (QED) is 0.589. The molecule has 2 aromatic carbocycles. The molecule has 10 heteroatoms. The zero-order chi connectivity index (χ0) is 26.9. The molecule has 0 bridgehead atoms. The van der Waals surface area contributed by atoms with Gasteiger partial charge in [-0.15, -0.1) is 0 Å². The highest BCUT2D eigenvalue weighted by atomic mass is 19.4. The van der Waals surface area contributed by atoms with Crippen LogP contribution in [0.2, 0.25) is 0 Å². The maximum absolute atomic E-state index is 12.5. The molecule has 1 fully saturated rings. The average Bonchev–Trinajstić information content (AvgIpc) is 2.77. The van der Waals surface area contributed by atoms with Gasteiger partial charge < -0.3 is 20.1 Å². The Labute approximate surface area is 209 Å². The van der Waals surface area contributed by atoms with E-state index >= 15 is 0 Å². The highest BCUT2D eigenvalue weighted by Crippen LogP contribution is 2.15. The Morgan fingerprint density at radius 2 is 1.44 bits per heavy atom. The number of carboxylic acids is 1. The lowest BCUT2D eigenvalue weighted by atomic mass is 10.1. The molecular formula is C26H34F3N3O4. The number of carbonyl (C=O) groups is 2. The van der Waals surface area contributed by atoms with E-state index in [1.807, 2.05) is 12.1 Å². The average molecular weight is 510 g/mol. The summed E-state index contributed by atoms with van der Waals surface area (Å²) in [5.41, 5.74) is 4.29. The van der Waals surface area contributed by atoms with Crippen molar-refractivity contribution in [2.75, 3.05) is 27.2 Å². The number of amides is 1. The van der Waals surface area contributed by atoms with Crippen LogP contribution in [0.1, 0.15) is 40.9 Å². The number of alkyl halides is 3. The predicted octanol–water partition coefficient (Wildman–Crippen LogP) is 3.92. The number of nitrogens with zero attached hydrogens (tertiary/aromatic N) is 2. The van der Waals surface area contributed by atoms with E-state index in [-0.39, 0.29) is 18.1 Å². The van der Waals surface area contributed by atoms with Crippen molar-refractivity contribution in [2.24, 2.45) is 0 Å². The smallest absolute Gasteiger partial charge is 0.475 e. The summed E-state index contributed by atoms with van der Waals surface area (Å²) in [4.78, 5) is 25.9. The fourth-order valence-electron chi connectivity index (χ4n) is 3.85. The Morgan fingerprint density at radius 1 is 0.972 bits per heavy atom. The lowest BCUT2D eigenvalue weighted by molar-refractivity contribution is -0.192. The lowest BCUT2D eigenvalue weighted by Crippen LogP contribution is -2.44. The normalized spacial score (nSPS) is 18.3. The molecule has 0 aliphatic carbocycles. The van der Waals surface area contributed by atoms with Gasteiger partial charge in [-0.3, -0.25) is 9.69 Å². The Morgan fingerprint density at radius 3 is 1.92 bits per heavy atom. The third-order valence-electron chi connectivity index (χ3n) is 5.33. The van der Waals surface area contributed by atoms with Crippen LogP contribution in [0.25, 0.3) is 0 Å². The van der Waals surface area contributed by atoms with Crippen molar-refractivity contribution in [1.82, 2.24) is 15.1 Å². The van der Waals surface area contributed by atoms with Gasteiger partial charge in [0.05, 0.1) is 12.2 Å². The fourth-order valence-corrected chi connectivity index (χ4v) is 3.85. The van der Waals surface area contributed by atoms with Gasteiger partial charge in [-0.25, -0.2) is 4.79 Å². The number of nitrogens with one attached hydrogen (secondary N) is 1. The van der Waals surface area contributed by atoms with Crippen LogP contribution in [0, 0.1) is 0 Å². The van der Waals surface area contributed by atoms with E-state index in [1.165, 1.54) is 11.1 Å². The van der Waals surface area contributed by atoms with Crippen LogP contribution in [0.3, 0.4) is 0 Å². The maximum atomic E-state index is 12.5. The second-order valence-electron chi connectivity index (χ2n) is 9.19. The number of morpholine rings is 1. The zero-order valence-corrected chi connectivity index (χ0v) is 21.0. The summed E-state index contributed by atoms with van der Waals surface area (Å²) < 4.78 is 37.5. The summed E-state index contributed by atoms with van der Waals surface area (Å²) in [6, 6.07) is 16.3. The Balaban J connectivity index is 0.000000572. The minimum atomic E-state index is -5.08. The van der Waals surface area contributed by atoms with E-state index in [0.717, 1.165) is 31.7 Å². The summed E-state index contributed by atoms with van der Waals surface area (Å²) in [7, 11) is 4.11. The molecule has 0 spiro atoms. The van der Waals surface area contributed by atoms with Gasteiger partial charge in [-0.1, -0.05) is 36.4 Å². The topological polar surface area (TPSA) is 82.1 Å². The van der Waals surface area contributed by atoms with Crippen LogP contribution in [-0.2, 0) is 29.2 Å². The highest BCUT2D eigenvalue weighted by molar-refractivity contribution is 5.94. The van der Waals surface area contributed by atoms with Crippen molar-refractivity contribution in [2.45, 2.75) is 51.9 Å².